The van der Waals surface area contributed by atoms with Gasteiger partial charge in [-0.15, -0.1) is 10.2 Å². The van der Waals surface area contributed by atoms with Crippen molar-refractivity contribution >= 4 is 5.91 Å². The highest BCUT2D eigenvalue weighted by molar-refractivity contribution is 5.89. The Morgan fingerprint density at radius 1 is 1.38 bits per heavy atom. The van der Waals surface area contributed by atoms with E-state index in [4.69, 9.17) is 9.15 Å². The lowest BCUT2D eigenvalue weighted by Crippen LogP contribution is -2.42. The molecule has 1 aromatic heterocycles. The Kier molecular flexibility index (Phi) is 5.00. The number of allylic oxidation sites excluding steroid dienone is 2. The van der Waals surface area contributed by atoms with Crippen molar-refractivity contribution in [3.05, 3.63) is 59.6 Å². The van der Waals surface area contributed by atoms with E-state index in [1.165, 1.54) is 12.1 Å². The van der Waals surface area contributed by atoms with Crippen LogP contribution in [-0.4, -0.2) is 40.7 Å². The minimum absolute atomic E-state index is 0.0192. The monoisotopic (exact) mass is 331 g/mol. The molecule has 2 heterocycles. The van der Waals surface area contributed by atoms with Gasteiger partial charge in [-0.1, -0.05) is 24.3 Å². The quantitative estimate of drug-likeness (QED) is 0.805. The molecule has 0 spiro atoms. The highest BCUT2D eigenvalue weighted by Crippen LogP contribution is 2.23. The van der Waals surface area contributed by atoms with E-state index in [9.17, 15) is 9.18 Å². The first-order valence-electron chi connectivity index (χ1n) is 7.77. The fourth-order valence-corrected chi connectivity index (χ4v) is 2.49. The molecule has 7 heteroatoms. The predicted octanol–water partition coefficient (Wildman–Crippen LogP) is 2.54. The van der Waals surface area contributed by atoms with E-state index in [0.717, 1.165) is 5.56 Å². The summed E-state index contributed by atoms with van der Waals surface area (Å²) in [6.45, 7) is 3.10. The summed E-state index contributed by atoms with van der Waals surface area (Å²) in [7, 11) is 0. The van der Waals surface area contributed by atoms with Gasteiger partial charge in [0.05, 0.1) is 13.2 Å². The molecule has 2 aromatic rings. The SMILES string of the molecule is C/C=C/Cc1nnc(C(=O)N2CCO[C@H](c3ccc(F)cc3)C2)o1. The molecule has 0 saturated carbocycles. The largest absolute Gasteiger partial charge is 0.417 e. The molecule has 24 heavy (non-hydrogen) atoms. The van der Waals surface area contributed by atoms with E-state index in [1.807, 2.05) is 19.1 Å². The molecule has 6 nitrogen and oxygen atoms in total. The first-order chi connectivity index (χ1) is 11.7. The van der Waals surface area contributed by atoms with Gasteiger partial charge < -0.3 is 14.1 Å². The Hall–Kier alpha value is -2.54. The van der Waals surface area contributed by atoms with E-state index in [-0.39, 0.29) is 23.7 Å². The van der Waals surface area contributed by atoms with Crippen molar-refractivity contribution in [2.75, 3.05) is 19.7 Å². The maximum Gasteiger partial charge on any atom is 0.311 e. The van der Waals surface area contributed by atoms with Crippen LogP contribution in [0, 0.1) is 5.82 Å². The number of hydrogen-bond donors (Lipinski definition) is 0. The fourth-order valence-electron chi connectivity index (χ4n) is 2.49. The van der Waals surface area contributed by atoms with Crippen molar-refractivity contribution in [1.82, 2.24) is 15.1 Å². The Morgan fingerprint density at radius 3 is 2.92 bits per heavy atom. The number of morpholine rings is 1. The number of rotatable bonds is 4. The Labute approximate surface area is 138 Å². The lowest BCUT2D eigenvalue weighted by Gasteiger charge is -2.32. The van der Waals surface area contributed by atoms with Crippen molar-refractivity contribution < 1.29 is 18.3 Å². The standard InChI is InChI=1S/C17H18FN3O3/c1-2-3-4-15-19-20-16(24-15)17(22)21-9-10-23-14(11-21)12-5-7-13(18)8-6-12/h2-3,5-8,14H,4,9-11H2,1H3/b3-2+/t14-/m0/s1. The summed E-state index contributed by atoms with van der Waals surface area (Å²) in [5, 5.41) is 7.69. The normalized spacial score (nSPS) is 18.2. The lowest BCUT2D eigenvalue weighted by molar-refractivity contribution is -0.0240. The van der Waals surface area contributed by atoms with Crippen LogP contribution in [0.3, 0.4) is 0 Å². The highest BCUT2D eigenvalue weighted by Gasteiger charge is 2.29. The lowest BCUT2D eigenvalue weighted by atomic mass is 10.1. The van der Waals surface area contributed by atoms with Gasteiger partial charge in [0.1, 0.15) is 11.9 Å². The van der Waals surface area contributed by atoms with Crippen LogP contribution in [0.5, 0.6) is 0 Å². The second-order valence-corrected chi connectivity index (χ2v) is 5.44. The molecule has 1 aliphatic rings. The molecule has 1 amide bonds. The summed E-state index contributed by atoms with van der Waals surface area (Å²) >= 11 is 0. The summed E-state index contributed by atoms with van der Waals surface area (Å²) in [5.41, 5.74) is 0.827. The van der Waals surface area contributed by atoms with Gasteiger partial charge in [0, 0.05) is 13.0 Å². The minimum Gasteiger partial charge on any atom is -0.417 e. The van der Waals surface area contributed by atoms with Crippen LogP contribution in [0.15, 0.2) is 40.8 Å². The van der Waals surface area contributed by atoms with E-state index in [1.54, 1.807) is 17.0 Å². The molecule has 1 aliphatic heterocycles. The van der Waals surface area contributed by atoms with Gasteiger partial charge >= 0.3 is 11.8 Å². The van der Waals surface area contributed by atoms with Crippen molar-refractivity contribution in [3.63, 3.8) is 0 Å². The number of ether oxygens (including phenoxy) is 1. The first-order valence-corrected chi connectivity index (χ1v) is 7.77. The molecular weight excluding hydrogens is 313 g/mol. The second kappa shape index (κ2) is 7.35. The topological polar surface area (TPSA) is 68.5 Å². The Balaban J connectivity index is 1.68. The smallest absolute Gasteiger partial charge is 0.311 e. The van der Waals surface area contributed by atoms with Crippen LogP contribution >= 0.6 is 0 Å². The zero-order chi connectivity index (χ0) is 16.9. The molecule has 0 radical (unpaired) electrons. The Bertz CT molecular complexity index is 727. The van der Waals surface area contributed by atoms with Gasteiger partial charge in [-0.3, -0.25) is 4.79 Å². The molecule has 1 fully saturated rings. The molecule has 1 saturated heterocycles. The van der Waals surface area contributed by atoms with Gasteiger partial charge in [-0.25, -0.2) is 4.39 Å². The predicted molar refractivity (Wildman–Crippen MR) is 83.8 cm³/mol. The zero-order valence-corrected chi connectivity index (χ0v) is 13.3. The molecule has 1 atom stereocenters. The first kappa shape index (κ1) is 16.3. The maximum absolute atomic E-state index is 13.0. The zero-order valence-electron chi connectivity index (χ0n) is 13.3. The van der Waals surface area contributed by atoms with Crippen LogP contribution in [0.4, 0.5) is 4.39 Å². The third-order valence-corrected chi connectivity index (χ3v) is 3.77. The number of halogens is 1. The van der Waals surface area contributed by atoms with Gasteiger partial charge in [-0.2, -0.15) is 0 Å². The van der Waals surface area contributed by atoms with E-state index >= 15 is 0 Å². The second-order valence-electron chi connectivity index (χ2n) is 5.44. The average Bonchev–Trinajstić information content (AvgIpc) is 3.09. The average molecular weight is 331 g/mol. The number of aromatic nitrogens is 2. The number of carbonyl (C=O) groups excluding carboxylic acids is 1. The number of nitrogens with zero attached hydrogens (tertiary/aromatic N) is 3. The summed E-state index contributed by atoms with van der Waals surface area (Å²) in [6.07, 6.45) is 3.95. The van der Waals surface area contributed by atoms with Crippen LogP contribution < -0.4 is 0 Å². The molecule has 0 bridgehead atoms. The van der Waals surface area contributed by atoms with E-state index in [2.05, 4.69) is 10.2 Å². The molecular formula is C17H18FN3O3. The van der Waals surface area contributed by atoms with Gasteiger partial charge in [-0.05, 0) is 24.6 Å². The summed E-state index contributed by atoms with van der Waals surface area (Å²) < 4.78 is 24.1. The Morgan fingerprint density at radius 2 is 2.17 bits per heavy atom. The molecule has 1 aromatic carbocycles. The summed E-state index contributed by atoms with van der Waals surface area (Å²) in [5.74, 6) is -0.235. The number of benzene rings is 1. The van der Waals surface area contributed by atoms with E-state index < -0.39 is 0 Å². The highest BCUT2D eigenvalue weighted by atomic mass is 19.1. The number of hydrogen-bond acceptors (Lipinski definition) is 5. The summed E-state index contributed by atoms with van der Waals surface area (Å²) in [6, 6.07) is 6.09. The third kappa shape index (κ3) is 3.68. The van der Waals surface area contributed by atoms with Crippen LogP contribution in [0.2, 0.25) is 0 Å². The van der Waals surface area contributed by atoms with Crippen molar-refractivity contribution in [1.29, 1.82) is 0 Å². The van der Waals surface area contributed by atoms with Crippen molar-refractivity contribution in [3.8, 4) is 0 Å². The molecule has 126 valence electrons. The summed E-state index contributed by atoms with van der Waals surface area (Å²) in [4.78, 5) is 14.1. The van der Waals surface area contributed by atoms with Crippen molar-refractivity contribution in [2.45, 2.75) is 19.4 Å². The molecule has 0 unspecified atom stereocenters. The molecule has 3 rings (SSSR count). The third-order valence-electron chi connectivity index (χ3n) is 3.77. The van der Waals surface area contributed by atoms with Crippen LogP contribution in [-0.2, 0) is 11.2 Å². The van der Waals surface area contributed by atoms with Crippen LogP contribution in [0.1, 0.15) is 35.2 Å². The molecule has 0 N–H and O–H groups in total. The molecule has 0 aliphatic carbocycles. The van der Waals surface area contributed by atoms with Crippen LogP contribution in [0.25, 0.3) is 0 Å². The van der Waals surface area contributed by atoms with E-state index in [0.29, 0.717) is 32.0 Å². The van der Waals surface area contributed by atoms with Gasteiger partial charge in [0.2, 0.25) is 5.89 Å². The van der Waals surface area contributed by atoms with Gasteiger partial charge in [0.25, 0.3) is 0 Å². The van der Waals surface area contributed by atoms with Crippen molar-refractivity contribution in [2.24, 2.45) is 0 Å². The van der Waals surface area contributed by atoms with Gasteiger partial charge in [0.15, 0.2) is 0 Å². The number of amides is 1. The fraction of sp³-hybridized carbons (Fsp3) is 0.353. The number of carbonyl (C=O) groups is 1. The maximum atomic E-state index is 13.0. The minimum atomic E-state index is -0.315.